The Hall–Kier alpha value is 1.50. The molecule has 1 fully saturated rings. The van der Waals surface area contributed by atoms with Crippen LogP contribution in [-0.4, -0.2) is 45.5 Å². The molecule has 1 saturated heterocycles. The van der Waals surface area contributed by atoms with Gasteiger partial charge in [-0.15, -0.1) is 32.3 Å². The number of allylic oxidation sites excluding steroid dienone is 4. The van der Waals surface area contributed by atoms with E-state index in [1.807, 2.05) is 0 Å². The first kappa shape index (κ1) is 40.0. The first-order valence-corrected chi connectivity index (χ1v) is 27.3. The predicted molar refractivity (Wildman–Crippen MR) is 168 cm³/mol. The average molecular weight is 665 g/mol. The fourth-order valence-electron chi connectivity index (χ4n) is 4.51. The van der Waals surface area contributed by atoms with Crippen molar-refractivity contribution in [3.8, 4) is 0 Å². The van der Waals surface area contributed by atoms with Crippen LogP contribution >= 0.6 is 0 Å². The minimum atomic E-state index is -0.856. The van der Waals surface area contributed by atoms with Crippen molar-refractivity contribution >= 4 is 32.3 Å². The number of hydrogen-bond acceptors (Lipinski definition) is 1. The van der Waals surface area contributed by atoms with Crippen molar-refractivity contribution in [2.45, 2.75) is 126 Å². The Morgan fingerprint density at radius 1 is 0.471 bits per heavy atom. The Labute approximate surface area is 249 Å². The van der Waals surface area contributed by atoms with Gasteiger partial charge in [0.25, 0.3) is 0 Å². The van der Waals surface area contributed by atoms with Crippen LogP contribution in [-0.2, 0) is 4.74 Å². The Bertz CT molecular complexity index is 541. The molecule has 0 amide bonds. The molecule has 0 aromatic rings. The molecule has 0 bridgehead atoms. The summed E-state index contributed by atoms with van der Waals surface area (Å²) >= 11 is 0. The van der Waals surface area contributed by atoms with Gasteiger partial charge in [0, 0.05) is 54.7 Å². The molecule has 200 valence electrons. The summed E-state index contributed by atoms with van der Waals surface area (Å²) in [5.41, 5.74) is 11.2. The van der Waals surface area contributed by atoms with Crippen molar-refractivity contribution in [3.05, 3.63) is 39.5 Å². The molecular formula is C28H61LaOSi4-2. The van der Waals surface area contributed by atoms with Gasteiger partial charge in [0.15, 0.2) is 0 Å². The molecule has 0 spiro atoms. The fraction of sp³-hybridized carbons (Fsp3) is 0.750. The molecule has 2 rings (SSSR count). The molecule has 0 saturated carbocycles. The summed E-state index contributed by atoms with van der Waals surface area (Å²) in [4.78, 5) is 0. The molecule has 2 radical (unpaired) electrons. The van der Waals surface area contributed by atoms with Crippen LogP contribution in [0.5, 0.6) is 0 Å². The molecule has 6 heteroatoms. The predicted octanol–water partition coefficient (Wildman–Crippen LogP) is 9.95. The van der Waals surface area contributed by atoms with E-state index in [1.165, 1.54) is 41.1 Å². The van der Waals surface area contributed by atoms with Crippen LogP contribution in [0.1, 0.15) is 47.5 Å². The van der Waals surface area contributed by atoms with E-state index in [4.69, 9.17) is 4.74 Å². The SMILES string of the molecule is C1CCOC1.C[C]1C(C)=C(C)C(C)=C1C.C[Si](C)(C)[CH-][Si](C)(C)C.C[Si](C)(C)[CH-][Si](C)(C)C.[La]. The second-order valence-electron chi connectivity index (χ2n) is 14.2. The molecule has 2 aliphatic rings. The van der Waals surface area contributed by atoms with Gasteiger partial charge in [0.05, 0.1) is 0 Å². The van der Waals surface area contributed by atoms with Crippen molar-refractivity contribution < 1.29 is 40.3 Å². The normalized spacial score (nSPS) is 17.2. The summed E-state index contributed by atoms with van der Waals surface area (Å²) in [6.45, 7) is 41.9. The van der Waals surface area contributed by atoms with Gasteiger partial charge in [0.2, 0.25) is 0 Å². The van der Waals surface area contributed by atoms with Gasteiger partial charge < -0.3 is 16.1 Å². The van der Waals surface area contributed by atoms with E-state index in [0.717, 1.165) is 13.2 Å². The topological polar surface area (TPSA) is 9.23 Å². The maximum Gasteiger partial charge on any atom is 0.0466 e. The largest absolute Gasteiger partial charge is 0.381 e. The molecule has 0 N–H and O–H groups in total. The van der Waals surface area contributed by atoms with E-state index in [0.29, 0.717) is 0 Å². The van der Waals surface area contributed by atoms with Gasteiger partial charge >= 0.3 is 0 Å². The van der Waals surface area contributed by atoms with Crippen molar-refractivity contribution in [2.75, 3.05) is 13.2 Å². The summed E-state index contributed by atoms with van der Waals surface area (Å²) in [5.74, 6) is 1.47. The van der Waals surface area contributed by atoms with Crippen LogP contribution in [0, 0.1) is 52.9 Å². The van der Waals surface area contributed by atoms with Gasteiger partial charge in [-0.3, -0.25) is 0 Å². The van der Waals surface area contributed by atoms with Gasteiger partial charge in [-0.2, -0.15) is 0 Å². The number of rotatable bonds is 4. The van der Waals surface area contributed by atoms with Crippen molar-refractivity contribution in [1.82, 2.24) is 0 Å². The first-order chi connectivity index (χ1) is 14.5. The Balaban J connectivity index is -0.000000381. The van der Waals surface area contributed by atoms with E-state index in [2.05, 4.69) is 125 Å². The van der Waals surface area contributed by atoms with Crippen molar-refractivity contribution in [2.24, 2.45) is 0 Å². The third-order valence-electron chi connectivity index (χ3n) is 5.37. The molecule has 0 aromatic carbocycles. The molecule has 34 heavy (non-hydrogen) atoms. The van der Waals surface area contributed by atoms with E-state index in [-0.39, 0.29) is 35.6 Å². The van der Waals surface area contributed by atoms with Crippen LogP contribution in [0.15, 0.2) is 22.3 Å². The molecule has 0 aromatic heterocycles. The standard InChI is InChI=1S/C10H15.2C7H19Si2.C4H8O.La/c1-6-7(2)9(4)10(5)8(6)3;2*1-8(2,3)7-9(4,5)6;1-2-4-5-3-1;/h1-5H3;2*7H,1-6H3;1-4H2;/q;2*-1;;. The maximum atomic E-state index is 4.94. The zero-order chi connectivity index (χ0) is 26.8. The summed E-state index contributed by atoms with van der Waals surface area (Å²) in [6.07, 6.45) is 2.56. The number of hydrogen-bond donors (Lipinski definition) is 0. The third kappa shape index (κ3) is 23.9. The summed E-state index contributed by atoms with van der Waals surface area (Å²) in [6, 6.07) is 0. The minimum Gasteiger partial charge on any atom is -0.381 e. The van der Waals surface area contributed by atoms with Crippen LogP contribution in [0.3, 0.4) is 0 Å². The molecule has 1 aliphatic heterocycles. The monoisotopic (exact) mass is 664 g/mol. The third-order valence-corrected chi connectivity index (χ3v) is 19.2. The summed E-state index contributed by atoms with van der Waals surface area (Å²) in [5, 5.41) is 0. The van der Waals surface area contributed by atoms with Crippen molar-refractivity contribution in [1.29, 1.82) is 0 Å². The summed E-state index contributed by atoms with van der Waals surface area (Å²) in [7, 11) is -3.42. The fourth-order valence-corrected chi connectivity index (χ4v) is 25.3. The molecule has 1 nitrogen and oxygen atoms in total. The zero-order valence-corrected chi connectivity index (χ0v) is 34.1. The van der Waals surface area contributed by atoms with Crippen molar-refractivity contribution in [3.63, 3.8) is 0 Å². The quantitative estimate of drug-likeness (QED) is 0.215. The van der Waals surface area contributed by atoms with Crippen LogP contribution < -0.4 is 0 Å². The van der Waals surface area contributed by atoms with Crippen LogP contribution in [0.4, 0.5) is 0 Å². The van der Waals surface area contributed by atoms with Gasteiger partial charge in [-0.05, 0) is 51.7 Å². The van der Waals surface area contributed by atoms with E-state index in [1.54, 1.807) is 0 Å². The number of ether oxygens (including phenoxy) is 1. The average Bonchev–Trinajstić information content (AvgIpc) is 3.16. The van der Waals surface area contributed by atoms with E-state index < -0.39 is 32.3 Å². The minimum absolute atomic E-state index is 0. The smallest absolute Gasteiger partial charge is 0.0466 e. The van der Waals surface area contributed by atoms with E-state index in [9.17, 15) is 0 Å². The van der Waals surface area contributed by atoms with Crippen LogP contribution in [0.25, 0.3) is 0 Å². The second-order valence-corrected chi connectivity index (χ2v) is 35.4. The Morgan fingerprint density at radius 2 is 0.706 bits per heavy atom. The van der Waals surface area contributed by atoms with E-state index >= 15 is 0 Å². The Morgan fingerprint density at radius 3 is 0.765 bits per heavy atom. The Kier molecular flexibility index (Phi) is 20.2. The molecule has 0 unspecified atom stereocenters. The molecular weight excluding hydrogens is 604 g/mol. The second kappa shape index (κ2) is 17.2. The molecule has 1 heterocycles. The molecule has 1 aliphatic carbocycles. The van der Waals surface area contributed by atoms with Gasteiger partial charge in [-0.1, -0.05) is 96.6 Å². The zero-order valence-electron chi connectivity index (χ0n) is 26.5. The van der Waals surface area contributed by atoms with Gasteiger partial charge in [-0.25, -0.2) is 0 Å². The first-order valence-electron chi connectivity index (χ1n) is 13.0. The van der Waals surface area contributed by atoms with Gasteiger partial charge in [0.1, 0.15) is 0 Å². The maximum absolute atomic E-state index is 4.94. The van der Waals surface area contributed by atoms with Crippen LogP contribution in [0.2, 0.25) is 78.6 Å². The summed E-state index contributed by atoms with van der Waals surface area (Å²) < 4.78 is 4.94. The molecule has 0 atom stereocenters.